The molecular formula is C14H13N5OS. The molecule has 1 aliphatic rings. The first-order valence-corrected chi connectivity index (χ1v) is 7.46. The van der Waals surface area contributed by atoms with Gasteiger partial charge < -0.3 is 9.80 Å². The number of amides is 1. The van der Waals surface area contributed by atoms with Gasteiger partial charge in [0.25, 0.3) is 5.91 Å². The third-order valence-electron chi connectivity index (χ3n) is 3.38. The van der Waals surface area contributed by atoms with Crippen LogP contribution in [0.15, 0.2) is 29.9 Å². The summed E-state index contributed by atoms with van der Waals surface area (Å²) in [6, 6.07) is 5.78. The van der Waals surface area contributed by atoms with Crippen molar-refractivity contribution in [3.05, 3.63) is 40.5 Å². The van der Waals surface area contributed by atoms with Gasteiger partial charge in [-0.05, 0) is 11.4 Å². The van der Waals surface area contributed by atoms with Gasteiger partial charge in [0.2, 0.25) is 0 Å². The van der Waals surface area contributed by atoms with Crippen LogP contribution in [0.4, 0.5) is 5.82 Å². The number of nitriles is 1. The molecule has 0 unspecified atom stereocenters. The number of carbonyl (C=O) groups is 1. The van der Waals surface area contributed by atoms with E-state index < -0.39 is 0 Å². The third-order valence-corrected chi connectivity index (χ3v) is 4.24. The van der Waals surface area contributed by atoms with Crippen LogP contribution in [0, 0.1) is 11.3 Å². The number of hydrogen-bond donors (Lipinski definition) is 0. The summed E-state index contributed by atoms with van der Waals surface area (Å²) in [5.74, 6) is 0.674. The minimum Gasteiger partial charge on any atom is -0.351 e. The first kappa shape index (κ1) is 13.5. The van der Waals surface area contributed by atoms with Gasteiger partial charge in [0, 0.05) is 38.6 Å². The maximum absolute atomic E-state index is 12.3. The largest absolute Gasteiger partial charge is 0.351 e. The van der Waals surface area contributed by atoms with Crippen LogP contribution >= 0.6 is 11.3 Å². The Morgan fingerprint density at radius 1 is 1.24 bits per heavy atom. The second kappa shape index (κ2) is 5.89. The number of piperazine rings is 1. The van der Waals surface area contributed by atoms with E-state index in [1.165, 1.54) is 17.5 Å². The van der Waals surface area contributed by atoms with Gasteiger partial charge in [-0.3, -0.25) is 4.79 Å². The highest BCUT2D eigenvalue weighted by Crippen LogP contribution is 2.18. The monoisotopic (exact) mass is 299 g/mol. The molecule has 0 aliphatic carbocycles. The summed E-state index contributed by atoms with van der Waals surface area (Å²) in [5.41, 5.74) is 0.329. The summed E-state index contributed by atoms with van der Waals surface area (Å²) in [4.78, 5) is 25.1. The molecular weight excluding hydrogens is 286 g/mol. The van der Waals surface area contributed by atoms with Crippen LogP contribution in [0.2, 0.25) is 0 Å². The van der Waals surface area contributed by atoms with Gasteiger partial charge in [0.05, 0.1) is 4.88 Å². The highest BCUT2D eigenvalue weighted by molar-refractivity contribution is 7.12. The molecule has 3 rings (SSSR count). The zero-order valence-corrected chi connectivity index (χ0v) is 12.1. The van der Waals surface area contributed by atoms with Crippen molar-refractivity contribution in [1.82, 2.24) is 14.9 Å². The Balaban J connectivity index is 1.68. The highest BCUT2D eigenvalue weighted by atomic mass is 32.1. The van der Waals surface area contributed by atoms with E-state index in [4.69, 9.17) is 5.26 Å². The maximum atomic E-state index is 12.3. The van der Waals surface area contributed by atoms with Crippen molar-refractivity contribution in [2.24, 2.45) is 0 Å². The molecule has 2 aromatic heterocycles. The van der Waals surface area contributed by atoms with Crippen LogP contribution < -0.4 is 4.90 Å². The summed E-state index contributed by atoms with van der Waals surface area (Å²) >= 11 is 1.46. The number of rotatable bonds is 2. The maximum Gasteiger partial charge on any atom is 0.264 e. The van der Waals surface area contributed by atoms with Crippen LogP contribution in [-0.2, 0) is 0 Å². The first-order valence-electron chi connectivity index (χ1n) is 6.58. The lowest BCUT2D eigenvalue weighted by molar-refractivity contribution is 0.0751. The number of carbonyl (C=O) groups excluding carboxylic acids is 1. The molecule has 0 atom stereocenters. The molecule has 7 heteroatoms. The van der Waals surface area contributed by atoms with E-state index in [0.717, 1.165) is 4.88 Å². The van der Waals surface area contributed by atoms with Crippen molar-refractivity contribution in [1.29, 1.82) is 5.26 Å². The average Bonchev–Trinajstić information content (AvgIpc) is 3.09. The summed E-state index contributed by atoms with van der Waals surface area (Å²) in [5, 5.41) is 11.0. The lowest BCUT2D eigenvalue weighted by Crippen LogP contribution is -2.49. The molecule has 0 bridgehead atoms. The van der Waals surface area contributed by atoms with E-state index >= 15 is 0 Å². The zero-order chi connectivity index (χ0) is 14.7. The molecule has 1 saturated heterocycles. The Bertz CT molecular complexity index is 671. The number of aromatic nitrogens is 2. The molecule has 3 heterocycles. The second-order valence-corrected chi connectivity index (χ2v) is 5.54. The Morgan fingerprint density at radius 3 is 2.67 bits per heavy atom. The van der Waals surface area contributed by atoms with Crippen LogP contribution in [-0.4, -0.2) is 47.0 Å². The average molecular weight is 299 g/mol. The molecule has 21 heavy (non-hydrogen) atoms. The van der Waals surface area contributed by atoms with E-state index in [0.29, 0.717) is 37.7 Å². The Morgan fingerprint density at radius 2 is 2.00 bits per heavy atom. The normalized spacial score (nSPS) is 14.8. The fourth-order valence-electron chi connectivity index (χ4n) is 2.32. The van der Waals surface area contributed by atoms with Gasteiger partial charge in [-0.2, -0.15) is 5.26 Å². The SMILES string of the molecule is N#Cc1nccnc1N1CCN(C(=O)c2cccs2)CC1. The zero-order valence-electron chi connectivity index (χ0n) is 11.3. The van der Waals surface area contributed by atoms with E-state index in [1.807, 2.05) is 27.3 Å². The standard InChI is InChI=1S/C14H13N5OS/c15-10-11-13(17-4-3-16-11)18-5-7-19(8-6-18)14(20)12-2-1-9-21-12/h1-4,9H,5-8H2. The van der Waals surface area contributed by atoms with Crippen molar-refractivity contribution in [2.45, 2.75) is 0 Å². The Kier molecular flexibility index (Phi) is 3.79. The summed E-state index contributed by atoms with van der Waals surface area (Å²) in [7, 11) is 0. The minimum absolute atomic E-state index is 0.0734. The van der Waals surface area contributed by atoms with Crippen molar-refractivity contribution >= 4 is 23.1 Å². The smallest absolute Gasteiger partial charge is 0.264 e. The highest BCUT2D eigenvalue weighted by Gasteiger charge is 2.24. The minimum atomic E-state index is 0.0734. The quantitative estimate of drug-likeness (QED) is 0.837. The van der Waals surface area contributed by atoms with E-state index in [-0.39, 0.29) is 5.91 Å². The molecule has 1 aliphatic heterocycles. The van der Waals surface area contributed by atoms with Crippen LogP contribution in [0.1, 0.15) is 15.4 Å². The van der Waals surface area contributed by atoms with Gasteiger partial charge in [0.15, 0.2) is 11.5 Å². The van der Waals surface area contributed by atoms with Crippen molar-refractivity contribution in [2.75, 3.05) is 31.1 Å². The van der Waals surface area contributed by atoms with Gasteiger partial charge in [-0.25, -0.2) is 9.97 Å². The molecule has 2 aromatic rings. The second-order valence-electron chi connectivity index (χ2n) is 4.60. The summed E-state index contributed by atoms with van der Waals surface area (Å²) in [6.07, 6.45) is 3.10. The predicted molar refractivity (Wildman–Crippen MR) is 79.2 cm³/mol. The first-order chi connectivity index (χ1) is 10.3. The molecule has 0 spiro atoms. The lowest BCUT2D eigenvalue weighted by Gasteiger charge is -2.35. The Labute approximate surface area is 126 Å². The molecule has 0 N–H and O–H groups in total. The molecule has 1 fully saturated rings. The van der Waals surface area contributed by atoms with E-state index in [2.05, 4.69) is 16.0 Å². The summed E-state index contributed by atoms with van der Waals surface area (Å²) in [6.45, 7) is 2.56. The molecule has 0 aromatic carbocycles. The lowest BCUT2D eigenvalue weighted by atomic mass is 10.2. The fraction of sp³-hybridized carbons (Fsp3) is 0.286. The molecule has 0 saturated carbocycles. The third kappa shape index (κ3) is 2.71. The van der Waals surface area contributed by atoms with Crippen molar-refractivity contribution < 1.29 is 4.79 Å². The van der Waals surface area contributed by atoms with E-state index in [9.17, 15) is 4.79 Å². The number of hydrogen-bond acceptors (Lipinski definition) is 6. The molecule has 106 valence electrons. The Hall–Kier alpha value is -2.46. The number of anilines is 1. The molecule has 1 amide bonds. The predicted octanol–water partition coefficient (Wildman–Crippen LogP) is 1.37. The van der Waals surface area contributed by atoms with Gasteiger partial charge in [0.1, 0.15) is 6.07 Å². The molecule has 0 radical (unpaired) electrons. The van der Waals surface area contributed by atoms with Crippen molar-refractivity contribution in [3.63, 3.8) is 0 Å². The van der Waals surface area contributed by atoms with Gasteiger partial charge >= 0.3 is 0 Å². The number of thiophene rings is 1. The fourth-order valence-corrected chi connectivity index (χ4v) is 3.01. The van der Waals surface area contributed by atoms with Crippen molar-refractivity contribution in [3.8, 4) is 6.07 Å². The summed E-state index contributed by atoms with van der Waals surface area (Å²) < 4.78 is 0. The van der Waals surface area contributed by atoms with Crippen LogP contribution in [0.25, 0.3) is 0 Å². The van der Waals surface area contributed by atoms with Crippen LogP contribution in [0.3, 0.4) is 0 Å². The van der Waals surface area contributed by atoms with Gasteiger partial charge in [-0.15, -0.1) is 11.3 Å². The van der Waals surface area contributed by atoms with Gasteiger partial charge in [-0.1, -0.05) is 6.07 Å². The topological polar surface area (TPSA) is 73.1 Å². The van der Waals surface area contributed by atoms with E-state index in [1.54, 1.807) is 6.20 Å². The van der Waals surface area contributed by atoms with Crippen LogP contribution in [0.5, 0.6) is 0 Å². The number of nitrogens with zero attached hydrogens (tertiary/aromatic N) is 5. The molecule has 6 nitrogen and oxygen atoms in total.